The number of benzene rings is 2. The number of sulfonamides is 1. The van der Waals surface area contributed by atoms with E-state index in [9.17, 15) is 18.0 Å². The number of carbonyl (C=O) groups is 2. The number of aryl methyl sites for hydroxylation is 2. The van der Waals surface area contributed by atoms with Crippen molar-refractivity contribution in [2.75, 3.05) is 19.7 Å². The van der Waals surface area contributed by atoms with Crippen molar-refractivity contribution in [1.82, 2.24) is 9.62 Å². The summed E-state index contributed by atoms with van der Waals surface area (Å²) in [7, 11) is -3.82. The molecular weight excluding hydrogens is 392 g/mol. The van der Waals surface area contributed by atoms with Crippen LogP contribution in [-0.2, 0) is 14.8 Å². The second-order valence-electron chi connectivity index (χ2n) is 6.95. The summed E-state index contributed by atoms with van der Waals surface area (Å²) in [4.78, 5) is 24.3. The highest BCUT2D eigenvalue weighted by Gasteiger charge is 2.40. The van der Waals surface area contributed by atoms with Crippen molar-refractivity contribution in [2.45, 2.75) is 31.6 Å². The van der Waals surface area contributed by atoms with Crippen molar-refractivity contribution < 1.29 is 22.7 Å². The van der Waals surface area contributed by atoms with Crippen molar-refractivity contribution >= 4 is 21.8 Å². The lowest BCUT2D eigenvalue weighted by molar-refractivity contribution is -0.121. The van der Waals surface area contributed by atoms with Crippen molar-refractivity contribution in [3.63, 3.8) is 0 Å². The first kappa shape index (κ1) is 20.9. The van der Waals surface area contributed by atoms with Gasteiger partial charge in [-0.25, -0.2) is 12.7 Å². The molecule has 0 spiro atoms. The van der Waals surface area contributed by atoms with E-state index >= 15 is 0 Å². The average molecular weight is 416 g/mol. The number of nitrogens with zero attached hydrogens (tertiary/aromatic N) is 1. The van der Waals surface area contributed by atoms with Crippen molar-refractivity contribution in [3.8, 4) is 5.75 Å². The Morgan fingerprint density at radius 1 is 1.14 bits per heavy atom. The normalized spacial score (nSPS) is 14.6. The number of amides is 2. The van der Waals surface area contributed by atoms with Crippen LogP contribution in [-0.4, -0.2) is 44.2 Å². The summed E-state index contributed by atoms with van der Waals surface area (Å²) in [5, 5.41) is 2.74. The first-order chi connectivity index (χ1) is 13.8. The smallest absolute Gasteiger partial charge is 0.269 e. The topological polar surface area (TPSA) is 92.8 Å². The van der Waals surface area contributed by atoms with Gasteiger partial charge in [-0.1, -0.05) is 29.8 Å². The molecule has 0 fully saturated rings. The molecule has 0 radical (unpaired) electrons. The van der Waals surface area contributed by atoms with Crippen LogP contribution in [0.25, 0.3) is 0 Å². The van der Waals surface area contributed by atoms with Crippen molar-refractivity contribution in [2.24, 2.45) is 0 Å². The van der Waals surface area contributed by atoms with E-state index < -0.39 is 15.9 Å². The quantitative estimate of drug-likeness (QED) is 0.667. The fourth-order valence-corrected chi connectivity index (χ4v) is 4.84. The lowest BCUT2D eigenvalue weighted by atomic mass is 10.1. The molecule has 2 aromatic carbocycles. The molecule has 154 valence electrons. The van der Waals surface area contributed by atoms with Gasteiger partial charge in [-0.05, 0) is 44.0 Å². The standard InChI is InChI=1S/C21H24N2O5S/c1-15-9-10-18(16(2)14-15)28-13-11-22-20(24)8-5-12-23-21(25)17-6-3-4-7-19(17)29(23,26)27/h3-4,6-7,9-10,14H,5,8,11-13H2,1-2H3,(H,22,24). The van der Waals surface area contributed by atoms with Crippen molar-refractivity contribution in [1.29, 1.82) is 0 Å². The Bertz CT molecular complexity index is 1030. The van der Waals surface area contributed by atoms with Gasteiger partial charge in [0.05, 0.1) is 12.1 Å². The molecule has 8 heteroatoms. The van der Waals surface area contributed by atoms with E-state index in [1.54, 1.807) is 12.1 Å². The summed E-state index contributed by atoms with van der Waals surface area (Å²) in [6.07, 6.45) is 0.377. The second kappa shape index (κ2) is 8.65. The second-order valence-corrected chi connectivity index (χ2v) is 8.78. The van der Waals surface area contributed by atoms with E-state index in [2.05, 4.69) is 5.32 Å². The Kier molecular flexibility index (Phi) is 6.22. The maximum atomic E-state index is 12.5. The maximum Gasteiger partial charge on any atom is 0.269 e. The molecule has 2 amide bonds. The van der Waals surface area contributed by atoms with E-state index in [-0.39, 0.29) is 35.8 Å². The third-order valence-electron chi connectivity index (χ3n) is 4.69. The lowest BCUT2D eigenvalue weighted by Crippen LogP contribution is -2.33. The molecule has 7 nitrogen and oxygen atoms in total. The zero-order valence-electron chi connectivity index (χ0n) is 16.5. The number of hydrogen-bond donors (Lipinski definition) is 1. The van der Waals surface area contributed by atoms with Gasteiger partial charge in [0, 0.05) is 13.0 Å². The van der Waals surface area contributed by atoms with Gasteiger partial charge in [0.1, 0.15) is 17.3 Å². The van der Waals surface area contributed by atoms with Gasteiger partial charge in [-0.3, -0.25) is 9.59 Å². The maximum absolute atomic E-state index is 12.5. The average Bonchev–Trinajstić information content (AvgIpc) is 2.87. The van der Waals surface area contributed by atoms with E-state index in [4.69, 9.17) is 4.74 Å². The van der Waals surface area contributed by atoms with Gasteiger partial charge in [0.15, 0.2) is 0 Å². The summed E-state index contributed by atoms with van der Waals surface area (Å²) in [6.45, 7) is 4.63. The molecule has 29 heavy (non-hydrogen) atoms. The molecule has 0 aromatic heterocycles. The first-order valence-corrected chi connectivity index (χ1v) is 10.9. The molecule has 1 aliphatic rings. The third kappa shape index (κ3) is 4.59. The molecule has 2 aromatic rings. The van der Waals surface area contributed by atoms with Crippen LogP contribution in [0.2, 0.25) is 0 Å². The zero-order chi connectivity index (χ0) is 21.0. The Balaban J connectivity index is 1.41. The van der Waals surface area contributed by atoms with Gasteiger partial charge in [-0.15, -0.1) is 0 Å². The van der Waals surface area contributed by atoms with E-state index in [1.165, 1.54) is 12.1 Å². The van der Waals surface area contributed by atoms with Crippen LogP contribution in [0.1, 0.15) is 34.3 Å². The monoisotopic (exact) mass is 416 g/mol. The van der Waals surface area contributed by atoms with E-state index in [0.717, 1.165) is 21.2 Å². The molecular formula is C21H24N2O5S. The highest BCUT2D eigenvalue weighted by Crippen LogP contribution is 2.29. The van der Waals surface area contributed by atoms with E-state index in [1.807, 2.05) is 32.0 Å². The van der Waals surface area contributed by atoms with Gasteiger partial charge < -0.3 is 10.1 Å². The van der Waals surface area contributed by atoms with Gasteiger partial charge in [0.2, 0.25) is 5.91 Å². The summed E-state index contributed by atoms with van der Waals surface area (Å²) < 4.78 is 31.4. The fraction of sp³-hybridized carbons (Fsp3) is 0.333. The minimum Gasteiger partial charge on any atom is -0.491 e. The van der Waals surface area contributed by atoms with Crippen LogP contribution < -0.4 is 10.1 Å². The number of nitrogens with one attached hydrogen (secondary N) is 1. The molecule has 0 saturated heterocycles. The molecule has 0 unspecified atom stereocenters. The van der Waals surface area contributed by atoms with E-state index in [0.29, 0.717) is 13.2 Å². The van der Waals surface area contributed by atoms with Crippen LogP contribution >= 0.6 is 0 Å². The number of carbonyl (C=O) groups excluding carboxylic acids is 2. The fourth-order valence-electron chi connectivity index (χ4n) is 3.24. The van der Waals surface area contributed by atoms with Crippen LogP contribution in [0.5, 0.6) is 5.75 Å². The summed E-state index contributed by atoms with van der Waals surface area (Å²) in [6, 6.07) is 12.0. The van der Waals surface area contributed by atoms with Crippen LogP contribution in [0.4, 0.5) is 0 Å². The number of hydrogen-bond acceptors (Lipinski definition) is 5. The van der Waals surface area contributed by atoms with Crippen molar-refractivity contribution in [3.05, 3.63) is 59.2 Å². The number of ether oxygens (including phenoxy) is 1. The van der Waals surface area contributed by atoms with Gasteiger partial charge >= 0.3 is 0 Å². The molecule has 1 N–H and O–H groups in total. The number of rotatable bonds is 8. The molecule has 0 aliphatic carbocycles. The molecule has 0 bridgehead atoms. The summed E-state index contributed by atoms with van der Waals surface area (Å²) in [5.74, 6) is 0.0285. The molecule has 0 atom stereocenters. The highest BCUT2D eigenvalue weighted by atomic mass is 32.2. The minimum atomic E-state index is -3.82. The van der Waals surface area contributed by atoms with Crippen LogP contribution in [0, 0.1) is 13.8 Å². The molecule has 0 saturated carbocycles. The van der Waals surface area contributed by atoms with Crippen LogP contribution in [0.15, 0.2) is 47.4 Å². The van der Waals surface area contributed by atoms with Gasteiger partial charge in [0.25, 0.3) is 15.9 Å². The Morgan fingerprint density at radius 3 is 2.62 bits per heavy atom. The predicted octanol–water partition coefficient (Wildman–Crippen LogP) is 2.42. The molecule has 1 aliphatic heterocycles. The largest absolute Gasteiger partial charge is 0.491 e. The summed E-state index contributed by atoms with van der Waals surface area (Å²) >= 11 is 0. The molecule has 3 rings (SSSR count). The lowest BCUT2D eigenvalue weighted by Gasteiger charge is -2.15. The number of fused-ring (bicyclic) bond motifs is 1. The Labute approximate surface area is 170 Å². The summed E-state index contributed by atoms with van der Waals surface area (Å²) in [5.41, 5.74) is 2.37. The highest BCUT2D eigenvalue weighted by molar-refractivity contribution is 7.90. The SMILES string of the molecule is Cc1ccc(OCCNC(=O)CCCN2C(=O)c3ccccc3S2(=O)=O)c(C)c1. The predicted molar refractivity (Wildman–Crippen MR) is 108 cm³/mol. The Hall–Kier alpha value is -2.87. The van der Waals surface area contributed by atoms with Gasteiger partial charge in [-0.2, -0.15) is 0 Å². The van der Waals surface area contributed by atoms with Crippen LogP contribution in [0.3, 0.4) is 0 Å². The minimum absolute atomic E-state index is 0.0255. The first-order valence-electron chi connectivity index (χ1n) is 9.43. The molecule has 1 heterocycles. The Morgan fingerprint density at radius 2 is 1.90 bits per heavy atom. The zero-order valence-corrected chi connectivity index (χ0v) is 17.3. The third-order valence-corrected chi connectivity index (χ3v) is 6.53.